The van der Waals surface area contributed by atoms with E-state index in [1.807, 2.05) is 0 Å². The van der Waals surface area contributed by atoms with Gasteiger partial charge in [-0.1, -0.05) is 17.7 Å². The Kier molecular flexibility index (Phi) is 4.04. The van der Waals surface area contributed by atoms with Crippen molar-refractivity contribution in [3.05, 3.63) is 52.7 Å². The Labute approximate surface area is 121 Å². The number of carboxylic acid groups (broad SMARTS) is 1. The Morgan fingerprint density at radius 3 is 2.57 bits per heavy atom. The number of benzene rings is 1. The van der Waals surface area contributed by atoms with Gasteiger partial charge >= 0.3 is 12.1 Å². The van der Waals surface area contributed by atoms with Crippen molar-refractivity contribution in [2.75, 3.05) is 0 Å². The molecule has 21 heavy (non-hydrogen) atoms. The van der Waals surface area contributed by atoms with Crippen LogP contribution in [0.15, 0.2) is 36.4 Å². The number of aromatic carboxylic acids is 1. The van der Waals surface area contributed by atoms with Crippen molar-refractivity contribution >= 4 is 17.6 Å². The fourth-order valence-electron chi connectivity index (χ4n) is 1.50. The maximum absolute atomic E-state index is 12.7. The van der Waals surface area contributed by atoms with Gasteiger partial charge in [-0.05, 0) is 24.3 Å². The maximum Gasteiger partial charge on any atom is 0.417 e. The van der Waals surface area contributed by atoms with Gasteiger partial charge in [0.05, 0.1) is 10.6 Å². The minimum atomic E-state index is -4.62. The molecule has 1 aromatic carbocycles. The van der Waals surface area contributed by atoms with E-state index >= 15 is 0 Å². The summed E-state index contributed by atoms with van der Waals surface area (Å²) in [6, 6.07) is 6.92. The van der Waals surface area contributed by atoms with Gasteiger partial charge in [-0.25, -0.2) is 9.78 Å². The zero-order chi connectivity index (χ0) is 15.6. The molecule has 4 nitrogen and oxygen atoms in total. The molecule has 0 bridgehead atoms. The topological polar surface area (TPSA) is 59.4 Å². The number of hydrogen-bond acceptors (Lipinski definition) is 3. The average molecular weight is 318 g/mol. The molecule has 0 aliphatic carbocycles. The number of pyridine rings is 1. The average Bonchev–Trinajstić information content (AvgIpc) is 2.40. The molecule has 0 atom stereocenters. The summed E-state index contributed by atoms with van der Waals surface area (Å²) in [5.74, 6) is -1.56. The van der Waals surface area contributed by atoms with Crippen molar-refractivity contribution in [1.82, 2.24) is 4.98 Å². The van der Waals surface area contributed by atoms with Crippen molar-refractivity contribution in [1.29, 1.82) is 0 Å². The molecule has 0 saturated heterocycles. The number of hydrogen-bond donors (Lipinski definition) is 1. The van der Waals surface area contributed by atoms with Crippen molar-refractivity contribution in [3.63, 3.8) is 0 Å². The number of ether oxygens (including phenoxy) is 1. The van der Waals surface area contributed by atoms with E-state index < -0.39 is 22.7 Å². The van der Waals surface area contributed by atoms with Gasteiger partial charge in [-0.3, -0.25) is 0 Å². The van der Waals surface area contributed by atoms with E-state index in [9.17, 15) is 18.0 Å². The first-order valence-corrected chi connectivity index (χ1v) is 5.90. The molecular formula is C13H7ClF3NO3. The summed E-state index contributed by atoms with van der Waals surface area (Å²) >= 11 is 5.48. The van der Waals surface area contributed by atoms with E-state index in [0.29, 0.717) is 0 Å². The third-order valence-corrected chi connectivity index (χ3v) is 2.74. The lowest BCUT2D eigenvalue weighted by molar-refractivity contribution is -0.137. The summed E-state index contributed by atoms with van der Waals surface area (Å²) in [5, 5.41) is 8.32. The zero-order valence-corrected chi connectivity index (χ0v) is 10.9. The van der Waals surface area contributed by atoms with Crippen molar-refractivity contribution < 1.29 is 27.8 Å². The van der Waals surface area contributed by atoms with E-state index in [-0.39, 0.29) is 17.3 Å². The van der Waals surface area contributed by atoms with Gasteiger partial charge in [0.2, 0.25) is 5.88 Å². The van der Waals surface area contributed by atoms with Crippen LogP contribution in [0.5, 0.6) is 11.6 Å². The normalized spacial score (nSPS) is 11.2. The van der Waals surface area contributed by atoms with Gasteiger partial charge in [-0.2, -0.15) is 13.2 Å². The summed E-state index contributed by atoms with van der Waals surface area (Å²) < 4.78 is 43.2. The second kappa shape index (κ2) is 5.61. The standard InChI is InChI=1S/C13H7ClF3NO3/c14-9-5-4-7(6-8(9)13(15,16)17)21-11-3-1-2-10(18-11)12(19)20/h1-6H,(H,19,20). The molecule has 110 valence electrons. The molecular weight excluding hydrogens is 311 g/mol. The van der Waals surface area contributed by atoms with E-state index in [4.69, 9.17) is 21.4 Å². The molecule has 0 fully saturated rings. The molecule has 2 aromatic rings. The molecule has 2 rings (SSSR count). The van der Waals surface area contributed by atoms with Gasteiger partial charge in [0.15, 0.2) is 5.69 Å². The molecule has 1 aromatic heterocycles. The number of aromatic nitrogens is 1. The summed E-state index contributed by atoms with van der Waals surface area (Å²) in [6.07, 6.45) is -4.62. The van der Waals surface area contributed by atoms with Crippen LogP contribution in [-0.4, -0.2) is 16.1 Å². The molecule has 0 radical (unpaired) electrons. The van der Waals surface area contributed by atoms with Crippen LogP contribution in [0.4, 0.5) is 13.2 Å². The highest BCUT2D eigenvalue weighted by Gasteiger charge is 2.33. The minimum Gasteiger partial charge on any atom is -0.477 e. The first-order valence-electron chi connectivity index (χ1n) is 5.52. The number of alkyl halides is 3. The van der Waals surface area contributed by atoms with Crippen LogP contribution in [0, 0.1) is 0 Å². The van der Waals surface area contributed by atoms with Gasteiger partial charge < -0.3 is 9.84 Å². The van der Waals surface area contributed by atoms with Crippen molar-refractivity contribution in [3.8, 4) is 11.6 Å². The molecule has 0 spiro atoms. The van der Waals surface area contributed by atoms with Crippen LogP contribution in [-0.2, 0) is 6.18 Å². The Morgan fingerprint density at radius 1 is 1.24 bits per heavy atom. The van der Waals surface area contributed by atoms with Gasteiger partial charge in [-0.15, -0.1) is 0 Å². The van der Waals surface area contributed by atoms with Crippen LogP contribution in [0.1, 0.15) is 16.1 Å². The highest BCUT2D eigenvalue weighted by molar-refractivity contribution is 6.31. The highest BCUT2D eigenvalue weighted by atomic mass is 35.5. The molecule has 1 N–H and O–H groups in total. The molecule has 0 aliphatic heterocycles. The molecule has 1 heterocycles. The lowest BCUT2D eigenvalue weighted by Crippen LogP contribution is -2.06. The molecule has 0 unspecified atom stereocenters. The van der Waals surface area contributed by atoms with Crippen molar-refractivity contribution in [2.24, 2.45) is 0 Å². The summed E-state index contributed by atoms with van der Waals surface area (Å²) in [4.78, 5) is 14.4. The first-order chi connectivity index (χ1) is 9.77. The van der Waals surface area contributed by atoms with Crippen LogP contribution in [0.3, 0.4) is 0 Å². The SMILES string of the molecule is O=C(O)c1cccc(Oc2ccc(Cl)c(C(F)(F)F)c2)n1. The summed E-state index contributed by atoms with van der Waals surface area (Å²) in [5.41, 5.74) is -1.33. The zero-order valence-electron chi connectivity index (χ0n) is 10.2. The van der Waals surface area contributed by atoms with Crippen LogP contribution in [0.2, 0.25) is 5.02 Å². The van der Waals surface area contributed by atoms with Crippen LogP contribution < -0.4 is 4.74 Å². The smallest absolute Gasteiger partial charge is 0.417 e. The van der Waals surface area contributed by atoms with E-state index in [2.05, 4.69) is 4.98 Å². The second-order valence-electron chi connectivity index (χ2n) is 3.91. The predicted molar refractivity (Wildman–Crippen MR) is 67.7 cm³/mol. The quantitative estimate of drug-likeness (QED) is 0.919. The predicted octanol–water partition coefficient (Wildman–Crippen LogP) is 4.24. The Balaban J connectivity index is 2.32. The molecule has 0 aliphatic rings. The number of halogens is 4. The fourth-order valence-corrected chi connectivity index (χ4v) is 1.72. The largest absolute Gasteiger partial charge is 0.477 e. The third kappa shape index (κ3) is 3.63. The fraction of sp³-hybridized carbons (Fsp3) is 0.0769. The van der Waals surface area contributed by atoms with Crippen LogP contribution >= 0.6 is 11.6 Å². The third-order valence-electron chi connectivity index (χ3n) is 2.41. The van der Waals surface area contributed by atoms with E-state index in [0.717, 1.165) is 12.1 Å². The van der Waals surface area contributed by atoms with Crippen molar-refractivity contribution in [2.45, 2.75) is 6.18 Å². The molecule has 0 saturated carbocycles. The minimum absolute atomic E-state index is 0.134. The highest BCUT2D eigenvalue weighted by Crippen LogP contribution is 2.37. The molecule has 8 heteroatoms. The van der Waals surface area contributed by atoms with E-state index in [1.165, 1.54) is 24.3 Å². The monoisotopic (exact) mass is 317 g/mol. The number of nitrogens with zero attached hydrogens (tertiary/aromatic N) is 1. The Bertz CT molecular complexity index is 689. The lowest BCUT2D eigenvalue weighted by Gasteiger charge is -2.11. The molecule has 0 amide bonds. The van der Waals surface area contributed by atoms with Crippen LogP contribution in [0.25, 0.3) is 0 Å². The second-order valence-corrected chi connectivity index (χ2v) is 4.31. The number of rotatable bonds is 3. The Hall–Kier alpha value is -2.28. The Morgan fingerprint density at radius 2 is 1.95 bits per heavy atom. The number of carbonyl (C=O) groups is 1. The van der Waals surface area contributed by atoms with Gasteiger partial charge in [0.25, 0.3) is 0 Å². The van der Waals surface area contributed by atoms with Gasteiger partial charge in [0.1, 0.15) is 5.75 Å². The summed E-state index contributed by atoms with van der Waals surface area (Å²) in [6.45, 7) is 0. The maximum atomic E-state index is 12.7. The van der Waals surface area contributed by atoms with Gasteiger partial charge in [0, 0.05) is 6.07 Å². The number of carboxylic acids is 1. The lowest BCUT2D eigenvalue weighted by atomic mass is 10.2. The summed E-state index contributed by atoms with van der Waals surface area (Å²) in [7, 11) is 0. The first kappa shape index (κ1) is 15.1. The van der Waals surface area contributed by atoms with E-state index in [1.54, 1.807) is 0 Å².